The number of anilines is 1. The van der Waals surface area contributed by atoms with E-state index in [4.69, 9.17) is 11.6 Å². The summed E-state index contributed by atoms with van der Waals surface area (Å²) < 4.78 is 0. The van der Waals surface area contributed by atoms with Gasteiger partial charge in [-0.15, -0.1) is 11.6 Å². The van der Waals surface area contributed by atoms with Crippen LogP contribution in [0.3, 0.4) is 0 Å². The molecule has 5 rings (SSSR count). The molecule has 1 N–H and O–H groups in total. The van der Waals surface area contributed by atoms with E-state index >= 15 is 0 Å². The Morgan fingerprint density at radius 2 is 1.88 bits per heavy atom. The van der Waals surface area contributed by atoms with E-state index in [1.54, 1.807) is 0 Å². The van der Waals surface area contributed by atoms with E-state index in [0.29, 0.717) is 18.8 Å². The van der Waals surface area contributed by atoms with Crippen LogP contribution in [0.2, 0.25) is 0 Å². The summed E-state index contributed by atoms with van der Waals surface area (Å²) in [6.07, 6.45) is 7.24. The fraction of sp³-hybridized carbons (Fsp3) is 0.571. The van der Waals surface area contributed by atoms with Gasteiger partial charge >= 0.3 is 0 Å². The molecule has 176 valence electrons. The van der Waals surface area contributed by atoms with Gasteiger partial charge in [0.25, 0.3) is 0 Å². The maximum atomic E-state index is 12.9. The summed E-state index contributed by atoms with van der Waals surface area (Å²) >= 11 is 5.99. The first kappa shape index (κ1) is 22.9. The molecular formula is C28H34ClNO3. The number of Topliss-reactive ketones (excluding diaryl/α,β-unsaturated/α-hetero) is 1. The normalized spacial score (nSPS) is 35.5. The fourth-order valence-corrected chi connectivity index (χ4v) is 7.76. The minimum atomic E-state index is -1.36. The lowest BCUT2D eigenvalue weighted by atomic mass is 9.51. The van der Waals surface area contributed by atoms with Gasteiger partial charge in [-0.1, -0.05) is 24.6 Å². The highest BCUT2D eigenvalue weighted by atomic mass is 35.5. The van der Waals surface area contributed by atoms with Crippen molar-refractivity contribution in [2.75, 3.05) is 24.9 Å². The molecule has 0 unspecified atom stereocenters. The second-order valence-corrected chi connectivity index (χ2v) is 11.2. The van der Waals surface area contributed by atoms with Gasteiger partial charge in [0.05, 0.1) is 5.88 Å². The number of halogens is 1. The van der Waals surface area contributed by atoms with Crippen LogP contribution in [0.5, 0.6) is 0 Å². The minimum Gasteiger partial charge on any atom is -0.381 e. The van der Waals surface area contributed by atoms with E-state index in [1.807, 2.05) is 20.2 Å². The standard InChI is InChI=1S/C28H34ClNO3/c1-27-15-23(17-4-7-19(8-5-17)30(2)3)26-21-11-9-20(31)14-18(21)6-10-22(26)24(27)12-13-28(27,33)25(32)16-29/h4-5,7-8,14,22-24,33H,6,9-13,15-16H2,1-3H3/t22-,23+,24-,27-,28-/m0/s1. The second kappa shape index (κ2) is 8.09. The molecule has 4 aliphatic rings. The van der Waals surface area contributed by atoms with Crippen molar-refractivity contribution < 1.29 is 14.7 Å². The Morgan fingerprint density at radius 3 is 2.55 bits per heavy atom. The van der Waals surface area contributed by atoms with E-state index in [1.165, 1.54) is 22.3 Å². The molecule has 0 aliphatic heterocycles. The Morgan fingerprint density at radius 1 is 1.15 bits per heavy atom. The molecule has 1 aromatic carbocycles. The average Bonchev–Trinajstić information content (AvgIpc) is 3.09. The molecule has 0 saturated heterocycles. The van der Waals surface area contributed by atoms with Gasteiger partial charge in [0, 0.05) is 37.5 Å². The first-order valence-corrected chi connectivity index (χ1v) is 12.8. The Kier molecular flexibility index (Phi) is 5.61. The number of hydrogen-bond acceptors (Lipinski definition) is 4. The molecule has 5 atom stereocenters. The average molecular weight is 468 g/mol. The number of hydrogen-bond donors (Lipinski definition) is 1. The monoisotopic (exact) mass is 467 g/mol. The second-order valence-electron chi connectivity index (χ2n) is 10.9. The van der Waals surface area contributed by atoms with Crippen LogP contribution >= 0.6 is 11.6 Å². The molecule has 2 fully saturated rings. The van der Waals surface area contributed by atoms with Crippen molar-refractivity contribution in [1.82, 2.24) is 0 Å². The van der Waals surface area contributed by atoms with Crippen molar-refractivity contribution in [3.8, 4) is 0 Å². The molecule has 33 heavy (non-hydrogen) atoms. The van der Waals surface area contributed by atoms with Gasteiger partial charge < -0.3 is 10.0 Å². The number of aliphatic hydroxyl groups is 1. The largest absolute Gasteiger partial charge is 0.381 e. The van der Waals surface area contributed by atoms with Gasteiger partial charge in [-0.25, -0.2) is 0 Å². The van der Waals surface area contributed by atoms with Crippen molar-refractivity contribution >= 4 is 28.9 Å². The highest BCUT2D eigenvalue weighted by molar-refractivity contribution is 6.29. The zero-order chi connectivity index (χ0) is 23.5. The molecular weight excluding hydrogens is 434 g/mol. The molecule has 0 radical (unpaired) electrons. The van der Waals surface area contributed by atoms with Crippen LogP contribution in [0, 0.1) is 17.3 Å². The number of fused-ring (bicyclic) bond motifs is 4. The van der Waals surface area contributed by atoms with Gasteiger partial charge in [-0.2, -0.15) is 0 Å². The summed E-state index contributed by atoms with van der Waals surface area (Å²) in [5.41, 5.74) is 4.59. The van der Waals surface area contributed by atoms with E-state index in [9.17, 15) is 14.7 Å². The number of benzene rings is 1. The Bertz CT molecular complexity index is 1060. The summed E-state index contributed by atoms with van der Waals surface area (Å²) in [5, 5.41) is 11.7. The lowest BCUT2D eigenvalue weighted by Crippen LogP contribution is -2.56. The number of allylic oxidation sites excluding steroid dienone is 4. The summed E-state index contributed by atoms with van der Waals surface area (Å²) in [6, 6.07) is 8.72. The third kappa shape index (κ3) is 3.36. The molecule has 2 saturated carbocycles. The zero-order valence-corrected chi connectivity index (χ0v) is 20.6. The van der Waals surface area contributed by atoms with Crippen molar-refractivity contribution in [2.24, 2.45) is 17.3 Å². The number of rotatable bonds is 4. The van der Waals surface area contributed by atoms with Crippen molar-refractivity contribution in [1.29, 1.82) is 0 Å². The maximum absolute atomic E-state index is 12.9. The lowest BCUT2D eigenvalue weighted by Gasteiger charge is -2.54. The third-order valence-electron chi connectivity index (χ3n) is 9.28. The quantitative estimate of drug-likeness (QED) is 0.619. The van der Waals surface area contributed by atoms with E-state index in [2.05, 4.69) is 36.1 Å². The zero-order valence-electron chi connectivity index (χ0n) is 19.9. The van der Waals surface area contributed by atoms with Gasteiger partial charge in [0.1, 0.15) is 5.60 Å². The predicted molar refractivity (Wildman–Crippen MR) is 132 cm³/mol. The highest BCUT2D eigenvalue weighted by Crippen LogP contribution is 2.66. The lowest BCUT2D eigenvalue weighted by molar-refractivity contribution is -0.152. The molecule has 4 aliphatic carbocycles. The summed E-state index contributed by atoms with van der Waals surface area (Å²) in [4.78, 5) is 27.2. The Labute approximate surface area is 201 Å². The Balaban J connectivity index is 1.66. The molecule has 1 aromatic rings. The summed E-state index contributed by atoms with van der Waals surface area (Å²) in [6.45, 7) is 2.13. The smallest absolute Gasteiger partial charge is 0.179 e. The molecule has 0 spiro atoms. The summed E-state index contributed by atoms with van der Waals surface area (Å²) in [5.74, 6) is 0.588. The van der Waals surface area contributed by atoms with Gasteiger partial charge in [-0.3, -0.25) is 9.59 Å². The first-order valence-electron chi connectivity index (χ1n) is 12.2. The van der Waals surface area contributed by atoms with Crippen LogP contribution in [0.25, 0.3) is 0 Å². The number of alkyl halides is 1. The number of carbonyl (C=O) groups is 2. The maximum Gasteiger partial charge on any atom is 0.179 e. The molecule has 0 aromatic heterocycles. The van der Waals surface area contributed by atoms with Gasteiger partial charge in [0.2, 0.25) is 0 Å². The van der Waals surface area contributed by atoms with E-state index in [-0.39, 0.29) is 29.3 Å². The topological polar surface area (TPSA) is 57.6 Å². The molecule has 0 bridgehead atoms. The molecule has 0 heterocycles. The number of ketones is 2. The predicted octanol–water partition coefficient (Wildman–Crippen LogP) is 5.19. The van der Waals surface area contributed by atoms with Crippen LogP contribution in [-0.4, -0.2) is 42.2 Å². The summed E-state index contributed by atoms with van der Waals surface area (Å²) in [7, 11) is 4.07. The van der Waals surface area contributed by atoms with Crippen LogP contribution in [-0.2, 0) is 9.59 Å². The number of nitrogens with zero attached hydrogens (tertiary/aromatic N) is 1. The van der Waals surface area contributed by atoms with E-state index in [0.717, 1.165) is 37.8 Å². The SMILES string of the molecule is CN(C)c1ccc([C@H]2C[C@@]3(C)[C@@H](CC[C@]3(O)C(=O)CCl)[C@@H]3CCC4=CC(=O)CCC4=C32)cc1. The number of carbonyl (C=O) groups excluding carboxylic acids is 2. The van der Waals surface area contributed by atoms with Crippen LogP contribution in [0.1, 0.15) is 63.4 Å². The third-order valence-corrected chi connectivity index (χ3v) is 9.52. The molecule has 5 heteroatoms. The highest BCUT2D eigenvalue weighted by Gasteiger charge is 2.65. The fourth-order valence-electron chi connectivity index (χ4n) is 7.54. The van der Waals surface area contributed by atoms with Crippen LogP contribution < -0.4 is 4.90 Å². The van der Waals surface area contributed by atoms with Gasteiger partial charge in [0.15, 0.2) is 11.6 Å². The van der Waals surface area contributed by atoms with Crippen molar-refractivity contribution in [2.45, 2.75) is 63.4 Å². The van der Waals surface area contributed by atoms with Crippen molar-refractivity contribution in [3.05, 3.63) is 52.6 Å². The molecule has 4 nitrogen and oxygen atoms in total. The Hall–Kier alpha value is -1.91. The first-order chi connectivity index (χ1) is 15.7. The van der Waals surface area contributed by atoms with E-state index < -0.39 is 11.0 Å². The van der Waals surface area contributed by atoms with Crippen molar-refractivity contribution in [3.63, 3.8) is 0 Å². The van der Waals surface area contributed by atoms with Crippen LogP contribution in [0.4, 0.5) is 5.69 Å². The van der Waals surface area contributed by atoms with Crippen LogP contribution in [0.15, 0.2) is 47.1 Å². The van der Waals surface area contributed by atoms with Gasteiger partial charge in [-0.05, 0) is 85.3 Å². The minimum absolute atomic E-state index is 0.132. The molecule has 0 amide bonds.